The largest absolute Gasteiger partial charge is 0.469 e. The van der Waals surface area contributed by atoms with Crippen LogP contribution in [0.15, 0.2) is 12.4 Å². The Morgan fingerprint density at radius 1 is 1.40 bits per heavy atom. The van der Waals surface area contributed by atoms with Gasteiger partial charge in [-0.25, -0.2) is 0 Å². The number of nitrogens with one attached hydrogen (secondary N) is 1. The highest BCUT2D eigenvalue weighted by Crippen LogP contribution is 2.18. The van der Waals surface area contributed by atoms with Gasteiger partial charge in [-0.1, -0.05) is 11.3 Å². The summed E-state index contributed by atoms with van der Waals surface area (Å²) in [5, 5.41) is 17.5. The van der Waals surface area contributed by atoms with Crippen LogP contribution in [0.5, 0.6) is 5.19 Å². The summed E-state index contributed by atoms with van der Waals surface area (Å²) in [4.78, 5) is 0. The van der Waals surface area contributed by atoms with Crippen LogP contribution in [-0.2, 0) is 6.54 Å². The maximum absolute atomic E-state index is 5.32. The van der Waals surface area contributed by atoms with E-state index in [1.807, 2.05) is 24.7 Å². The lowest BCUT2D eigenvalue weighted by Gasteiger charge is -2.21. The predicted molar refractivity (Wildman–Crippen MR) is 79.1 cm³/mol. The Morgan fingerprint density at radius 3 is 2.85 bits per heavy atom. The molecule has 7 heteroatoms. The van der Waals surface area contributed by atoms with Crippen molar-refractivity contribution in [1.82, 2.24) is 25.3 Å². The van der Waals surface area contributed by atoms with Crippen LogP contribution in [0.25, 0.3) is 0 Å². The van der Waals surface area contributed by atoms with Crippen molar-refractivity contribution in [1.29, 1.82) is 0 Å². The molecule has 0 aromatic carbocycles. The third kappa shape index (κ3) is 3.77. The number of rotatable bonds is 7. The number of hydrogen-bond acceptors (Lipinski definition) is 6. The summed E-state index contributed by atoms with van der Waals surface area (Å²) in [7, 11) is 0. The highest BCUT2D eigenvalue weighted by molar-refractivity contribution is 7.13. The molecular weight excluding hydrogens is 274 g/mol. The van der Waals surface area contributed by atoms with Crippen molar-refractivity contribution in [3.63, 3.8) is 0 Å². The second kappa shape index (κ2) is 6.81. The molecule has 0 saturated carbocycles. The SMILES string of the molecule is CCOc1nnc(CN[C@@H](C)[C@H](C)n2cc(C)cn2)s1. The molecule has 0 amide bonds. The van der Waals surface area contributed by atoms with Crippen molar-refractivity contribution in [3.05, 3.63) is 23.0 Å². The van der Waals surface area contributed by atoms with E-state index in [-0.39, 0.29) is 12.1 Å². The van der Waals surface area contributed by atoms with E-state index in [0.29, 0.717) is 18.3 Å². The van der Waals surface area contributed by atoms with Crippen LogP contribution in [0.4, 0.5) is 0 Å². The normalized spacial score (nSPS) is 14.2. The molecule has 0 aliphatic rings. The molecule has 2 atom stereocenters. The third-order valence-corrected chi connectivity index (χ3v) is 4.00. The van der Waals surface area contributed by atoms with Crippen LogP contribution >= 0.6 is 11.3 Å². The molecule has 20 heavy (non-hydrogen) atoms. The summed E-state index contributed by atoms with van der Waals surface area (Å²) >= 11 is 1.48. The number of ether oxygens (including phenoxy) is 1. The third-order valence-electron chi connectivity index (χ3n) is 3.16. The van der Waals surface area contributed by atoms with Gasteiger partial charge in [-0.15, -0.1) is 10.2 Å². The van der Waals surface area contributed by atoms with Gasteiger partial charge in [0.25, 0.3) is 5.19 Å². The predicted octanol–water partition coefficient (Wildman–Crippen LogP) is 2.18. The van der Waals surface area contributed by atoms with E-state index in [2.05, 4.69) is 40.7 Å². The molecule has 0 unspecified atom stereocenters. The van der Waals surface area contributed by atoms with E-state index in [0.717, 1.165) is 5.01 Å². The van der Waals surface area contributed by atoms with Crippen LogP contribution in [0, 0.1) is 6.92 Å². The molecule has 2 heterocycles. The fourth-order valence-corrected chi connectivity index (χ4v) is 2.49. The summed E-state index contributed by atoms with van der Waals surface area (Å²) in [5.74, 6) is 0. The first-order chi connectivity index (χ1) is 9.60. The molecule has 1 N–H and O–H groups in total. The molecule has 0 aliphatic carbocycles. The number of aryl methyl sites for hydroxylation is 1. The minimum Gasteiger partial charge on any atom is -0.469 e. The van der Waals surface area contributed by atoms with Gasteiger partial charge in [0.05, 0.1) is 25.4 Å². The number of nitrogens with zero attached hydrogens (tertiary/aromatic N) is 4. The Bertz CT molecular complexity index is 538. The lowest BCUT2D eigenvalue weighted by molar-refractivity contribution is 0.335. The van der Waals surface area contributed by atoms with Crippen LogP contribution in [-0.4, -0.2) is 32.6 Å². The quantitative estimate of drug-likeness (QED) is 0.848. The monoisotopic (exact) mass is 295 g/mol. The average molecular weight is 295 g/mol. The summed E-state index contributed by atoms with van der Waals surface area (Å²) in [6.45, 7) is 9.59. The molecule has 110 valence electrons. The minimum atomic E-state index is 0.281. The lowest BCUT2D eigenvalue weighted by atomic mass is 10.2. The zero-order valence-corrected chi connectivity index (χ0v) is 13.1. The van der Waals surface area contributed by atoms with Gasteiger partial charge in [-0.2, -0.15) is 5.10 Å². The maximum atomic E-state index is 5.32. The molecule has 0 bridgehead atoms. The topological polar surface area (TPSA) is 64.9 Å². The van der Waals surface area contributed by atoms with Crippen molar-refractivity contribution >= 4 is 11.3 Å². The summed E-state index contributed by atoms with van der Waals surface area (Å²) in [6, 6.07) is 0.566. The fourth-order valence-electron chi connectivity index (χ4n) is 1.80. The van der Waals surface area contributed by atoms with E-state index in [4.69, 9.17) is 4.74 Å². The first-order valence-corrected chi connectivity index (χ1v) is 7.61. The van der Waals surface area contributed by atoms with E-state index in [9.17, 15) is 0 Å². The molecular formula is C13H21N5OS. The average Bonchev–Trinajstić information content (AvgIpc) is 3.05. The highest BCUT2D eigenvalue weighted by Gasteiger charge is 2.15. The second-order valence-corrected chi connectivity index (χ2v) is 5.83. The van der Waals surface area contributed by atoms with Crippen molar-refractivity contribution in [2.75, 3.05) is 6.61 Å². The van der Waals surface area contributed by atoms with Crippen LogP contribution < -0.4 is 10.1 Å². The van der Waals surface area contributed by atoms with Crippen LogP contribution in [0.2, 0.25) is 0 Å². The Kier molecular flexibility index (Phi) is 5.08. The summed E-state index contributed by atoms with van der Waals surface area (Å²) < 4.78 is 7.30. The molecule has 0 saturated heterocycles. The van der Waals surface area contributed by atoms with Crippen molar-refractivity contribution < 1.29 is 4.74 Å². The standard InChI is InChI=1S/C13H21N5OS/c1-5-19-13-17-16-12(20-13)7-14-10(3)11(4)18-8-9(2)6-15-18/h6,8,10-11,14H,5,7H2,1-4H3/t10-,11-/m0/s1. The first kappa shape index (κ1) is 14.9. The molecule has 2 aromatic rings. The summed E-state index contributed by atoms with van der Waals surface area (Å²) in [6.07, 6.45) is 3.93. The molecule has 0 radical (unpaired) electrons. The van der Waals surface area contributed by atoms with Gasteiger partial charge < -0.3 is 10.1 Å². The highest BCUT2D eigenvalue weighted by atomic mass is 32.1. The Hall–Kier alpha value is -1.47. The van der Waals surface area contributed by atoms with Gasteiger partial charge in [-0.05, 0) is 33.3 Å². The van der Waals surface area contributed by atoms with Crippen LogP contribution in [0.1, 0.15) is 37.4 Å². The molecule has 2 aromatic heterocycles. The fraction of sp³-hybridized carbons (Fsp3) is 0.615. The van der Waals surface area contributed by atoms with E-state index in [1.165, 1.54) is 16.9 Å². The Balaban J connectivity index is 1.86. The van der Waals surface area contributed by atoms with Crippen molar-refractivity contribution in [2.45, 2.75) is 46.3 Å². The second-order valence-electron chi connectivity index (χ2n) is 4.80. The van der Waals surface area contributed by atoms with E-state index >= 15 is 0 Å². The van der Waals surface area contributed by atoms with Gasteiger partial charge in [0.15, 0.2) is 0 Å². The smallest absolute Gasteiger partial charge is 0.294 e. The van der Waals surface area contributed by atoms with Crippen LogP contribution in [0.3, 0.4) is 0 Å². The summed E-state index contributed by atoms with van der Waals surface area (Å²) in [5.41, 5.74) is 1.18. The minimum absolute atomic E-state index is 0.281. The molecule has 2 rings (SSSR count). The van der Waals surface area contributed by atoms with Crippen molar-refractivity contribution in [3.8, 4) is 5.19 Å². The number of hydrogen-bond donors (Lipinski definition) is 1. The zero-order chi connectivity index (χ0) is 14.5. The van der Waals surface area contributed by atoms with Gasteiger partial charge in [0, 0.05) is 12.2 Å². The first-order valence-electron chi connectivity index (χ1n) is 6.79. The molecule has 6 nitrogen and oxygen atoms in total. The molecule has 0 aliphatic heterocycles. The Morgan fingerprint density at radius 2 is 2.20 bits per heavy atom. The molecule has 0 spiro atoms. The van der Waals surface area contributed by atoms with E-state index < -0.39 is 0 Å². The van der Waals surface area contributed by atoms with E-state index in [1.54, 1.807) is 0 Å². The van der Waals surface area contributed by atoms with Gasteiger partial charge in [-0.3, -0.25) is 4.68 Å². The Labute approximate surface area is 123 Å². The zero-order valence-electron chi connectivity index (χ0n) is 12.3. The maximum Gasteiger partial charge on any atom is 0.294 e. The lowest BCUT2D eigenvalue weighted by Crippen LogP contribution is -2.33. The van der Waals surface area contributed by atoms with Gasteiger partial charge in [0.1, 0.15) is 5.01 Å². The van der Waals surface area contributed by atoms with Gasteiger partial charge >= 0.3 is 0 Å². The molecule has 0 fully saturated rings. The number of aromatic nitrogens is 4. The van der Waals surface area contributed by atoms with Crippen molar-refractivity contribution in [2.24, 2.45) is 0 Å². The van der Waals surface area contributed by atoms with Gasteiger partial charge in [0.2, 0.25) is 0 Å².